The van der Waals surface area contributed by atoms with Crippen LogP contribution in [0.25, 0.3) is 5.76 Å². The van der Waals surface area contributed by atoms with Gasteiger partial charge in [-0.2, -0.15) is 0 Å². The highest BCUT2D eigenvalue weighted by atomic mass is 31.2. The second kappa shape index (κ2) is 26.1. The van der Waals surface area contributed by atoms with Crippen molar-refractivity contribution in [2.24, 2.45) is 34.6 Å². The maximum atomic E-state index is 15.3. The number of methoxy groups -OCH3 is 1. The van der Waals surface area contributed by atoms with Crippen LogP contribution in [0.5, 0.6) is 17.2 Å². The smallest absolute Gasteiger partial charge is 0.340 e. The summed E-state index contributed by atoms with van der Waals surface area (Å²) in [7, 11) is -3.76. The summed E-state index contributed by atoms with van der Waals surface area (Å²) in [4.78, 5) is 85.5. The summed E-state index contributed by atoms with van der Waals surface area (Å²) in [5, 5.41) is 50.0. The van der Waals surface area contributed by atoms with Gasteiger partial charge >= 0.3 is 19.4 Å². The maximum Gasteiger partial charge on any atom is 0.340 e. The minimum atomic E-state index is -4.55. The van der Waals surface area contributed by atoms with Crippen molar-refractivity contribution in [1.82, 2.24) is 15.1 Å². The average Bonchev–Trinajstić information content (AvgIpc) is 2.58. The largest absolute Gasteiger partial charge is 0.507 e. The first-order valence-electron chi connectivity index (χ1n) is 28.0. The molecule has 448 valence electrons. The number of hydrogen-bond acceptors (Lipinski definition) is 18. The summed E-state index contributed by atoms with van der Waals surface area (Å²) < 4.78 is 53.1. The number of esters is 1. The number of hydrogen-bond donors (Lipinski definition) is 7. The normalized spacial score (nSPS) is 30.0. The molecule has 2 unspecified atom stereocenters. The van der Waals surface area contributed by atoms with Crippen LogP contribution in [-0.2, 0) is 32.9 Å². The number of Topliss-reactive ketones (excluding diaryl/α,β-unsaturated/α-hetero) is 2. The molecule has 82 heavy (non-hydrogen) atoms. The summed E-state index contributed by atoms with van der Waals surface area (Å²) in [5.74, 6) is -7.15. The molecule has 1 amide bonds. The number of phenols is 1. The molecule has 23 heteroatoms. The van der Waals surface area contributed by atoms with Crippen LogP contribution >= 0.6 is 16.1 Å². The Labute approximate surface area is 480 Å². The quantitative estimate of drug-likeness (QED) is 0.0388. The van der Waals surface area contributed by atoms with Gasteiger partial charge in [0.25, 0.3) is 11.7 Å². The minimum absolute atomic E-state index is 0.0239. The first kappa shape index (κ1) is 64.0. The van der Waals surface area contributed by atoms with Gasteiger partial charge in [0.1, 0.15) is 40.2 Å². The number of amides is 1. The highest BCUT2D eigenvalue weighted by Gasteiger charge is 2.58. The fourth-order valence-electron chi connectivity index (χ4n) is 11.9. The third-order valence-corrected chi connectivity index (χ3v) is 19.4. The van der Waals surface area contributed by atoms with Crippen LogP contribution in [0.4, 0.5) is 0 Å². The Bertz CT molecular complexity index is 2960. The number of carbonyl (C=O) groups is 4. The molecule has 1 spiro atoms. The molecule has 1 saturated heterocycles. The van der Waals surface area contributed by atoms with Gasteiger partial charge in [-0.05, 0) is 75.8 Å². The van der Waals surface area contributed by atoms with Crippen molar-refractivity contribution in [3.63, 3.8) is 0 Å². The summed E-state index contributed by atoms with van der Waals surface area (Å²) in [5.41, 5.74) is -0.373. The lowest BCUT2D eigenvalue weighted by Gasteiger charge is -2.45. The van der Waals surface area contributed by atoms with Gasteiger partial charge in [0.2, 0.25) is 0 Å². The number of aliphatic hydroxyl groups excluding tert-OH is 3. The van der Waals surface area contributed by atoms with E-state index in [-0.39, 0.29) is 83.2 Å². The number of likely N-dealkylation sites (tertiary alicyclic amines) is 1. The van der Waals surface area contributed by atoms with Gasteiger partial charge in [-0.3, -0.25) is 38.2 Å². The molecule has 2 aromatic rings. The highest BCUT2D eigenvalue weighted by molar-refractivity contribution is 7.61. The van der Waals surface area contributed by atoms with Crippen molar-refractivity contribution in [2.45, 2.75) is 149 Å². The number of nitrogens with one attached hydrogen (secondary N) is 1. The standard InChI is InChI=1S/C59H80N4O17P2/c1-31(2)30-62-26-23-59(24-27-62)61-47-44-45-52(68)37(8)55-46(44)56(70)58(10,80-55)78-29-22-42(76-11)34(5)54(79-38(9)64)36(7)51(67)35(6)50(66)32(3)14-12-15-33(4)57(71)60-48(53(45)69)49(47)63(59)25-21-41(65)39-17-19-40(20-18-39)77-28-13-16-43(81-72)82(73,74)75/h12,14-15,17-20,22,29,31-32,34-36,42-43,49-51,54,66-69H,13,16,21,23-28,30H2,1-11H3,(H,60,71)(H2,73,74,75)/b14-12+,29-22+,33-15-/t32-,34+,35+,36+,42-,43?,49?,50-,51+,54+,58-/m0/s1. The van der Waals surface area contributed by atoms with Crippen molar-refractivity contribution in [3.8, 4) is 17.2 Å². The molecule has 1 fully saturated rings. The maximum absolute atomic E-state index is 15.3. The lowest BCUT2D eigenvalue weighted by molar-refractivity contribution is -0.160. The van der Waals surface area contributed by atoms with E-state index in [1.165, 1.54) is 46.3 Å². The summed E-state index contributed by atoms with van der Waals surface area (Å²) in [6, 6.07) is 5.29. The molecule has 11 atom stereocenters. The number of fused-ring (bicyclic) bond motifs is 3. The Morgan fingerprint density at radius 1 is 0.963 bits per heavy atom. The fraction of sp³-hybridized carbons (Fsp3) is 0.576. The number of rotatable bonds is 15. The zero-order valence-electron chi connectivity index (χ0n) is 48.5. The number of aliphatic imine (C=N–C) groups is 1. The van der Waals surface area contributed by atoms with Gasteiger partial charge in [0.05, 0.1) is 59.8 Å². The SMILES string of the molecule is CO[C@H]1/C=C/O[C@@]2(C)Oc3c(C)c(O)c4c(c3C2=O)C2=NC3(CCN(CC(C)C)CC3)N(CCC(=O)c3ccc(OCCCC(P=O)P(=O)(O)O)cc3)C2C(=C4O)NC(=O)/C(C)=C\C=C\[C@H](C)[C@H](O)[C@@H](C)[C@@H](O)[C@@H](C)[C@H](OC(C)=O)[C@@H]1C. The fourth-order valence-corrected chi connectivity index (χ4v) is 13.2. The van der Waals surface area contributed by atoms with Crippen LogP contribution in [-0.4, -0.2) is 156 Å². The summed E-state index contributed by atoms with van der Waals surface area (Å²) in [6.45, 7) is 19.1. The minimum Gasteiger partial charge on any atom is -0.507 e. The predicted octanol–water partition coefficient (Wildman–Crippen LogP) is 7.76. The van der Waals surface area contributed by atoms with Crippen LogP contribution in [0.1, 0.15) is 132 Å². The zero-order chi connectivity index (χ0) is 60.3. The van der Waals surface area contributed by atoms with Gasteiger partial charge in [-0.25, -0.2) is 0 Å². The van der Waals surface area contributed by atoms with E-state index in [2.05, 4.69) is 24.1 Å². The average molecular weight is 1180 g/mol. The molecule has 0 saturated carbocycles. The molecule has 5 bridgehead atoms. The Balaban J connectivity index is 1.32. The van der Waals surface area contributed by atoms with Gasteiger partial charge in [-0.15, -0.1) is 0 Å². The number of phenolic OH excluding ortho intramolecular Hbond substituents is 1. The first-order valence-corrected chi connectivity index (χ1v) is 30.5. The number of piperidine rings is 1. The lowest BCUT2D eigenvalue weighted by atomic mass is 9.78. The molecule has 4 aliphatic heterocycles. The number of aromatic hydroxyl groups is 1. The molecule has 2 aromatic carbocycles. The van der Waals surface area contributed by atoms with Crippen molar-refractivity contribution in [2.75, 3.05) is 39.9 Å². The van der Waals surface area contributed by atoms with Gasteiger partial charge in [0, 0.05) is 99.5 Å². The molecule has 1 aliphatic carbocycles. The Morgan fingerprint density at radius 2 is 1.63 bits per heavy atom. The first-order chi connectivity index (χ1) is 38.6. The van der Waals surface area contributed by atoms with Gasteiger partial charge in [0.15, 0.2) is 14.2 Å². The van der Waals surface area contributed by atoms with E-state index in [4.69, 9.17) is 28.7 Å². The van der Waals surface area contributed by atoms with Crippen molar-refractivity contribution in [3.05, 3.63) is 93.9 Å². The number of benzene rings is 2. The van der Waals surface area contributed by atoms with E-state index in [1.54, 1.807) is 71.0 Å². The monoisotopic (exact) mass is 1180 g/mol. The number of allylic oxidation sites excluding steroid dienone is 2. The Hall–Kier alpha value is -5.60. The van der Waals surface area contributed by atoms with Crippen LogP contribution in [0.15, 0.2) is 71.1 Å². The molecule has 7 N–H and O–H groups in total. The molecule has 0 aromatic heterocycles. The summed E-state index contributed by atoms with van der Waals surface area (Å²) >= 11 is 0. The van der Waals surface area contributed by atoms with Crippen LogP contribution < -0.4 is 14.8 Å². The van der Waals surface area contributed by atoms with Crippen LogP contribution in [0.2, 0.25) is 0 Å². The van der Waals surface area contributed by atoms with Gasteiger partial charge < -0.3 is 64.1 Å². The van der Waals surface area contributed by atoms with Crippen molar-refractivity contribution in [1.29, 1.82) is 0 Å². The van der Waals surface area contributed by atoms with Crippen molar-refractivity contribution < 1.29 is 82.2 Å². The van der Waals surface area contributed by atoms with E-state index in [9.17, 15) is 53.7 Å². The van der Waals surface area contributed by atoms with E-state index in [0.29, 0.717) is 43.2 Å². The predicted molar refractivity (Wildman–Crippen MR) is 306 cm³/mol. The number of ketones is 2. The third kappa shape index (κ3) is 13.3. The molecule has 4 heterocycles. The highest BCUT2D eigenvalue weighted by Crippen LogP contribution is 2.54. The van der Waals surface area contributed by atoms with Gasteiger partial charge in [-0.1, -0.05) is 59.8 Å². The Morgan fingerprint density at radius 3 is 2.24 bits per heavy atom. The van der Waals surface area contributed by atoms with Crippen molar-refractivity contribution >= 4 is 51.0 Å². The van der Waals surface area contributed by atoms with Crippen LogP contribution in [0.3, 0.4) is 0 Å². The van der Waals surface area contributed by atoms with E-state index in [0.717, 1.165) is 6.54 Å². The number of nitrogens with zero attached hydrogens (tertiary/aromatic N) is 3. The second-order valence-electron chi connectivity index (χ2n) is 23.0. The van der Waals surface area contributed by atoms with E-state index >= 15 is 4.79 Å². The van der Waals surface area contributed by atoms with E-state index in [1.807, 2.05) is 4.90 Å². The summed E-state index contributed by atoms with van der Waals surface area (Å²) in [6.07, 6.45) is 4.55. The zero-order valence-corrected chi connectivity index (χ0v) is 50.3. The second-order valence-corrected chi connectivity index (χ2v) is 26.1. The number of ether oxygens (including phenoxy) is 5. The Kier molecular flexibility index (Phi) is 20.4. The molecule has 7 rings (SSSR count). The molecule has 21 nitrogen and oxygen atoms in total. The molecular weight excluding hydrogens is 1100 g/mol. The topological polar surface area (TPSA) is 301 Å². The molecular formula is C59H80N4O17P2. The molecule has 5 aliphatic rings. The third-order valence-electron chi connectivity index (χ3n) is 16.7. The number of aliphatic hydroxyl groups is 3. The van der Waals surface area contributed by atoms with E-state index < -0.39 is 116 Å². The lowest BCUT2D eigenvalue weighted by Crippen LogP contribution is -2.57. The molecule has 0 radical (unpaired) electrons. The van der Waals surface area contributed by atoms with Crippen LogP contribution in [0, 0.1) is 36.5 Å². The number of carbonyl (C=O) groups excluding carboxylic acids is 4.